The van der Waals surface area contributed by atoms with E-state index >= 15 is 0 Å². The van der Waals surface area contributed by atoms with Crippen LogP contribution in [0.2, 0.25) is 0 Å². The Hall–Kier alpha value is -4.11. The van der Waals surface area contributed by atoms with E-state index in [9.17, 15) is 0 Å². The van der Waals surface area contributed by atoms with Gasteiger partial charge < -0.3 is 9.30 Å². The summed E-state index contributed by atoms with van der Waals surface area (Å²) in [7, 11) is 0. The van der Waals surface area contributed by atoms with E-state index in [0.29, 0.717) is 6.61 Å². The molecule has 0 bridgehead atoms. The molecule has 0 atom stereocenters. The van der Waals surface area contributed by atoms with Crippen molar-refractivity contribution in [1.82, 2.24) is 9.55 Å². The van der Waals surface area contributed by atoms with Crippen molar-refractivity contribution < 1.29 is 4.74 Å². The fourth-order valence-corrected chi connectivity index (χ4v) is 5.90. The predicted molar refractivity (Wildman–Crippen MR) is 154 cm³/mol. The van der Waals surface area contributed by atoms with E-state index in [2.05, 4.69) is 120 Å². The van der Waals surface area contributed by atoms with Crippen LogP contribution in [-0.2, 0) is 24.8 Å². The Morgan fingerprint density at radius 3 is 1.87 bits per heavy atom. The lowest BCUT2D eigenvalue weighted by molar-refractivity contribution is 0.310. The molecule has 0 unspecified atom stereocenters. The number of hydrogen-bond donors (Lipinski definition) is 0. The zero-order chi connectivity index (χ0) is 25.6. The van der Waals surface area contributed by atoms with Crippen LogP contribution in [0.15, 0.2) is 122 Å². The van der Waals surface area contributed by atoms with Gasteiger partial charge in [0.25, 0.3) is 0 Å². The van der Waals surface area contributed by atoms with E-state index in [0.717, 1.165) is 24.3 Å². The van der Waals surface area contributed by atoms with E-state index in [1.54, 1.807) is 0 Å². The molecule has 0 saturated heterocycles. The van der Waals surface area contributed by atoms with Crippen LogP contribution in [0.25, 0.3) is 0 Å². The van der Waals surface area contributed by atoms with Crippen molar-refractivity contribution in [1.29, 1.82) is 0 Å². The third kappa shape index (κ3) is 4.77. The average Bonchev–Trinajstić information content (AvgIpc) is 3.46. The number of imidazole rings is 1. The number of aromatic nitrogens is 2. The first kappa shape index (κ1) is 24.2. The maximum absolute atomic E-state index is 6.14. The van der Waals surface area contributed by atoms with Crippen LogP contribution < -0.4 is 4.74 Å². The fourth-order valence-electron chi connectivity index (χ4n) is 5.90. The first-order valence-corrected chi connectivity index (χ1v) is 13.8. The zero-order valence-electron chi connectivity index (χ0n) is 21.8. The summed E-state index contributed by atoms with van der Waals surface area (Å²) in [5.41, 5.74) is 7.13. The van der Waals surface area contributed by atoms with Crippen LogP contribution in [0.1, 0.15) is 52.8 Å². The summed E-state index contributed by atoms with van der Waals surface area (Å²) >= 11 is 0. The van der Waals surface area contributed by atoms with Gasteiger partial charge in [-0.1, -0.05) is 97.1 Å². The largest absolute Gasteiger partial charge is 0.494 e. The lowest BCUT2D eigenvalue weighted by atomic mass is 9.77. The molecule has 0 aliphatic heterocycles. The Balaban J connectivity index is 1.26. The molecule has 1 aliphatic rings. The van der Waals surface area contributed by atoms with Gasteiger partial charge in [-0.2, -0.15) is 0 Å². The van der Waals surface area contributed by atoms with E-state index in [1.807, 2.05) is 6.33 Å². The summed E-state index contributed by atoms with van der Waals surface area (Å²) in [6, 6.07) is 38.8. The van der Waals surface area contributed by atoms with Gasteiger partial charge in [0.15, 0.2) is 0 Å². The molecule has 0 N–H and O–H groups in total. The quantitative estimate of drug-likeness (QED) is 0.154. The van der Waals surface area contributed by atoms with Gasteiger partial charge in [0.2, 0.25) is 0 Å². The second-order valence-corrected chi connectivity index (χ2v) is 10.2. The molecule has 0 fully saturated rings. The van der Waals surface area contributed by atoms with Crippen molar-refractivity contribution in [3.63, 3.8) is 0 Å². The van der Waals surface area contributed by atoms with Gasteiger partial charge in [-0.25, -0.2) is 4.98 Å². The van der Waals surface area contributed by atoms with Crippen molar-refractivity contribution in [3.8, 4) is 5.75 Å². The Bertz CT molecular complexity index is 1360. The molecule has 1 heterocycles. The second kappa shape index (κ2) is 11.1. The molecule has 1 aromatic heterocycles. The summed E-state index contributed by atoms with van der Waals surface area (Å²) in [5, 5.41) is 0. The molecule has 6 rings (SSSR count). The number of nitrogens with zero attached hydrogens (tertiary/aromatic N) is 2. The van der Waals surface area contributed by atoms with Crippen LogP contribution in [0.3, 0.4) is 0 Å². The molecule has 38 heavy (non-hydrogen) atoms. The first-order valence-electron chi connectivity index (χ1n) is 13.8. The minimum Gasteiger partial charge on any atom is -0.494 e. The van der Waals surface area contributed by atoms with E-state index in [1.165, 1.54) is 53.5 Å². The maximum atomic E-state index is 6.14. The number of hydrogen-bond acceptors (Lipinski definition) is 2. The van der Waals surface area contributed by atoms with Crippen molar-refractivity contribution in [2.24, 2.45) is 0 Å². The predicted octanol–water partition coefficient (Wildman–Crippen LogP) is 7.61. The van der Waals surface area contributed by atoms with Crippen LogP contribution in [0, 0.1) is 0 Å². The summed E-state index contributed by atoms with van der Waals surface area (Å²) in [6.07, 6.45) is 11.0. The average molecular weight is 499 g/mol. The fraction of sp³-hybridized carbons (Fsp3) is 0.229. The maximum Gasteiger partial charge on any atom is 0.121 e. The van der Waals surface area contributed by atoms with Gasteiger partial charge in [-0.05, 0) is 78.5 Å². The topological polar surface area (TPSA) is 27.1 Å². The highest BCUT2D eigenvalue weighted by molar-refractivity contribution is 5.50. The van der Waals surface area contributed by atoms with Gasteiger partial charge in [0.05, 0.1) is 18.6 Å². The molecule has 4 aromatic carbocycles. The van der Waals surface area contributed by atoms with Crippen LogP contribution in [0.5, 0.6) is 5.75 Å². The van der Waals surface area contributed by atoms with Gasteiger partial charge >= 0.3 is 0 Å². The lowest BCUT2D eigenvalue weighted by Crippen LogP contribution is -2.36. The highest BCUT2D eigenvalue weighted by Crippen LogP contribution is 2.40. The summed E-state index contributed by atoms with van der Waals surface area (Å²) < 4.78 is 8.43. The minimum absolute atomic E-state index is 0.519. The third-order valence-corrected chi connectivity index (χ3v) is 7.76. The Labute approximate surface area is 225 Å². The summed E-state index contributed by atoms with van der Waals surface area (Å²) in [4.78, 5) is 4.87. The number of ether oxygens (including phenoxy) is 1. The second-order valence-electron chi connectivity index (χ2n) is 10.2. The molecule has 5 aromatic rings. The summed E-state index contributed by atoms with van der Waals surface area (Å²) in [5.74, 6) is 0.993. The SMILES string of the molecule is c1ccc(C(c2ccccc2)(c2ccccc2)n2cnc(CCCOc3ccc4c(c3)CCCC4)c2)cc1. The Morgan fingerprint density at radius 1 is 0.684 bits per heavy atom. The standard InChI is InChI=1S/C35H34N2O/c1-4-15-30(16-5-1)35(31-17-6-2-7-18-31,32-19-8-3-9-20-32)37-26-33(36-27-37)21-12-24-38-34-23-22-28-13-10-11-14-29(28)25-34/h1-9,15-20,22-23,25-27H,10-14,21,24H2. The smallest absolute Gasteiger partial charge is 0.121 e. The number of benzene rings is 4. The molecule has 0 spiro atoms. The van der Waals surface area contributed by atoms with Crippen LogP contribution in [0.4, 0.5) is 0 Å². The van der Waals surface area contributed by atoms with Crippen molar-refractivity contribution in [2.75, 3.05) is 6.61 Å². The normalized spacial score (nSPS) is 13.2. The van der Waals surface area contributed by atoms with Gasteiger partial charge in [0.1, 0.15) is 11.3 Å². The molecular formula is C35H34N2O. The van der Waals surface area contributed by atoms with E-state index < -0.39 is 5.54 Å². The molecule has 0 radical (unpaired) electrons. The zero-order valence-corrected chi connectivity index (χ0v) is 21.8. The van der Waals surface area contributed by atoms with E-state index in [4.69, 9.17) is 9.72 Å². The molecule has 0 amide bonds. The van der Waals surface area contributed by atoms with E-state index in [-0.39, 0.29) is 0 Å². The molecule has 1 aliphatic carbocycles. The monoisotopic (exact) mass is 498 g/mol. The molecule has 3 nitrogen and oxygen atoms in total. The number of rotatable bonds is 9. The van der Waals surface area contributed by atoms with Crippen molar-refractivity contribution >= 4 is 0 Å². The number of aryl methyl sites for hydroxylation is 3. The molecule has 0 saturated carbocycles. The minimum atomic E-state index is -0.519. The highest BCUT2D eigenvalue weighted by Gasteiger charge is 2.38. The molecule has 190 valence electrons. The van der Waals surface area contributed by atoms with Gasteiger partial charge in [-0.3, -0.25) is 0 Å². The highest BCUT2D eigenvalue weighted by atomic mass is 16.5. The van der Waals surface area contributed by atoms with Crippen molar-refractivity contribution in [2.45, 2.75) is 44.1 Å². The Morgan fingerprint density at radius 2 is 1.26 bits per heavy atom. The van der Waals surface area contributed by atoms with Crippen molar-refractivity contribution in [3.05, 3.63) is 155 Å². The molecule has 3 heteroatoms. The Kier molecular flexibility index (Phi) is 7.08. The molecular weight excluding hydrogens is 464 g/mol. The van der Waals surface area contributed by atoms with Gasteiger partial charge in [0, 0.05) is 6.20 Å². The third-order valence-electron chi connectivity index (χ3n) is 7.76. The lowest BCUT2D eigenvalue weighted by Gasteiger charge is -2.37. The summed E-state index contributed by atoms with van der Waals surface area (Å²) in [6.45, 7) is 0.687. The van der Waals surface area contributed by atoms with Crippen LogP contribution in [-0.4, -0.2) is 16.2 Å². The van der Waals surface area contributed by atoms with Crippen LogP contribution >= 0.6 is 0 Å². The number of fused-ring (bicyclic) bond motifs is 1. The first-order chi connectivity index (χ1) is 18.8. The van der Waals surface area contributed by atoms with Gasteiger partial charge in [-0.15, -0.1) is 0 Å².